The summed E-state index contributed by atoms with van der Waals surface area (Å²) in [5, 5.41) is 11.9. The summed E-state index contributed by atoms with van der Waals surface area (Å²) in [6.45, 7) is 4.99. The molecule has 104 valence electrons. The quantitative estimate of drug-likeness (QED) is 0.768. The average molecular weight is 258 g/mol. The second kappa shape index (κ2) is 6.58. The van der Waals surface area contributed by atoms with Crippen LogP contribution in [0, 0.1) is 5.92 Å². The lowest BCUT2D eigenvalue weighted by atomic mass is 10.1. The van der Waals surface area contributed by atoms with E-state index in [2.05, 4.69) is 5.32 Å². The van der Waals surface area contributed by atoms with Crippen molar-refractivity contribution < 1.29 is 19.4 Å². The zero-order chi connectivity index (χ0) is 13.7. The van der Waals surface area contributed by atoms with Crippen LogP contribution in [0.3, 0.4) is 0 Å². The molecule has 0 aromatic carbocycles. The summed E-state index contributed by atoms with van der Waals surface area (Å²) in [5.41, 5.74) is 0. The number of carboxylic acid groups (broad SMARTS) is 1. The van der Waals surface area contributed by atoms with E-state index >= 15 is 0 Å². The predicted octanol–water partition coefficient (Wildman–Crippen LogP) is 0.916. The molecule has 1 heterocycles. The second-order valence-corrected chi connectivity index (χ2v) is 4.80. The summed E-state index contributed by atoms with van der Waals surface area (Å²) < 4.78 is 5.13. The van der Waals surface area contributed by atoms with Gasteiger partial charge in [0.25, 0.3) is 0 Å². The van der Waals surface area contributed by atoms with Crippen molar-refractivity contribution in [1.29, 1.82) is 0 Å². The fraction of sp³-hybridized carbons (Fsp3) is 0.833. The first-order chi connectivity index (χ1) is 8.49. The zero-order valence-corrected chi connectivity index (χ0v) is 11.2. The molecule has 3 unspecified atom stereocenters. The number of hydrogen-bond donors (Lipinski definition) is 2. The minimum atomic E-state index is -0.978. The van der Waals surface area contributed by atoms with E-state index < -0.39 is 12.0 Å². The Morgan fingerprint density at radius 2 is 2.22 bits per heavy atom. The van der Waals surface area contributed by atoms with Crippen molar-refractivity contribution in [3.63, 3.8) is 0 Å². The molecule has 0 aliphatic carbocycles. The van der Waals surface area contributed by atoms with E-state index in [4.69, 9.17) is 9.84 Å². The fourth-order valence-electron chi connectivity index (χ4n) is 1.93. The van der Waals surface area contributed by atoms with E-state index in [1.54, 1.807) is 0 Å². The number of carbonyl (C=O) groups is 2. The Balaban J connectivity index is 2.56. The standard InChI is InChI=1S/C12H22N2O4/c1-4-8(2)6-13-12(17)14-7-9(18-3)5-10(14)11(15)16/h8-10H,4-7H2,1-3H3,(H,13,17)(H,15,16). The summed E-state index contributed by atoms with van der Waals surface area (Å²) in [6, 6.07) is -1.10. The third kappa shape index (κ3) is 3.60. The maximum Gasteiger partial charge on any atom is 0.326 e. The number of nitrogens with one attached hydrogen (secondary N) is 1. The summed E-state index contributed by atoms with van der Waals surface area (Å²) in [4.78, 5) is 24.4. The number of methoxy groups -OCH3 is 1. The van der Waals surface area contributed by atoms with Gasteiger partial charge in [-0.15, -0.1) is 0 Å². The molecule has 0 aromatic rings. The Bertz CT molecular complexity index is 308. The Labute approximate surface area is 107 Å². The maximum absolute atomic E-state index is 11.9. The third-order valence-electron chi connectivity index (χ3n) is 3.44. The van der Waals surface area contributed by atoms with Gasteiger partial charge in [-0.05, 0) is 5.92 Å². The summed E-state index contributed by atoms with van der Waals surface area (Å²) >= 11 is 0. The molecule has 2 amide bonds. The monoisotopic (exact) mass is 258 g/mol. The predicted molar refractivity (Wildman–Crippen MR) is 66.4 cm³/mol. The van der Waals surface area contributed by atoms with Crippen LogP contribution in [-0.4, -0.2) is 54.4 Å². The van der Waals surface area contributed by atoms with Crippen molar-refractivity contribution in [3.05, 3.63) is 0 Å². The highest BCUT2D eigenvalue weighted by atomic mass is 16.5. The van der Waals surface area contributed by atoms with Gasteiger partial charge in [-0.1, -0.05) is 20.3 Å². The van der Waals surface area contributed by atoms with Crippen molar-refractivity contribution in [2.45, 2.75) is 38.8 Å². The molecule has 1 saturated heterocycles. The van der Waals surface area contributed by atoms with Crippen LogP contribution in [0.1, 0.15) is 26.7 Å². The SMILES string of the molecule is CCC(C)CNC(=O)N1CC(OC)CC1C(=O)O. The van der Waals surface area contributed by atoms with Gasteiger partial charge in [0.15, 0.2) is 0 Å². The molecule has 6 nitrogen and oxygen atoms in total. The molecule has 1 aliphatic heterocycles. The van der Waals surface area contributed by atoms with Gasteiger partial charge < -0.3 is 20.1 Å². The van der Waals surface area contributed by atoms with Crippen LogP contribution in [0.5, 0.6) is 0 Å². The van der Waals surface area contributed by atoms with Crippen molar-refractivity contribution in [2.75, 3.05) is 20.2 Å². The molecule has 0 radical (unpaired) electrons. The number of amides is 2. The number of carbonyl (C=O) groups excluding carboxylic acids is 1. The Hall–Kier alpha value is -1.30. The highest BCUT2D eigenvalue weighted by Crippen LogP contribution is 2.20. The molecule has 18 heavy (non-hydrogen) atoms. The highest BCUT2D eigenvalue weighted by molar-refractivity contribution is 5.83. The smallest absolute Gasteiger partial charge is 0.326 e. The zero-order valence-electron chi connectivity index (χ0n) is 11.2. The molecule has 1 fully saturated rings. The largest absolute Gasteiger partial charge is 0.480 e. The van der Waals surface area contributed by atoms with E-state index in [1.165, 1.54) is 12.0 Å². The number of rotatable bonds is 5. The molecule has 0 spiro atoms. The molecular weight excluding hydrogens is 236 g/mol. The van der Waals surface area contributed by atoms with Gasteiger partial charge in [-0.25, -0.2) is 9.59 Å². The van der Waals surface area contributed by atoms with Gasteiger partial charge >= 0.3 is 12.0 Å². The summed E-state index contributed by atoms with van der Waals surface area (Å²) in [5.74, 6) is -0.591. The average Bonchev–Trinajstić information content (AvgIpc) is 2.79. The number of carboxylic acids is 1. The van der Waals surface area contributed by atoms with Crippen molar-refractivity contribution >= 4 is 12.0 Å². The molecular formula is C12H22N2O4. The van der Waals surface area contributed by atoms with Crippen LogP contribution in [0.25, 0.3) is 0 Å². The Kier molecular flexibility index (Phi) is 5.40. The number of urea groups is 1. The minimum Gasteiger partial charge on any atom is -0.480 e. The maximum atomic E-state index is 11.9. The first-order valence-corrected chi connectivity index (χ1v) is 6.29. The molecule has 1 aliphatic rings. The Morgan fingerprint density at radius 1 is 1.56 bits per heavy atom. The molecule has 6 heteroatoms. The van der Waals surface area contributed by atoms with E-state index in [1.807, 2.05) is 13.8 Å². The van der Waals surface area contributed by atoms with E-state index in [9.17, 15) is 9.59 Å². The number of nitrogens with zero attached hydrogens (tertiary/aromatic N) is 1. The number of likely N-dealkylation sites (tertiary alicyclic amines) is 1. The topological polar surface area (TPSA) is 78.9 Å². The summed E-state index contributed by atoms with van der Waals surface area (Å²) in [7, 11) is 1.53. The molecule has 2 N–H and O–H groups in total. The third-order valence-corrected chi connectivity index (χ3v) is 3.44. The van der Waals surface area contributed by atoms with E-state index in [0.717, 1.165) is 6.42 Å². The minimum absolute atomic E-state index is 0.194. The highest BCUT2D eigenvalue weighted by Gasteiger charge is 2.39. The van der Waals surface area contributed by atoms with Crippen LogP contribution in [-0.2, 0) is 9.53 Å². The molecule has 0 saturated carbocycles. The van der Waals surface area contributed by atoms with Crippen molar-refractivity contribution in [2.24, 2.45) is 5.92 Å². The number of hydrogen-bond acceptors (Lipinski definition) is 3. The van der Waals surface area contributed by atoms with Crippen molar-refractivity contribution in [3.8, 4) is 0 Å². The fourth-order valence-corrected chi connectivity index (χ4v) is 1.93. The van der Waals surface area contributed by atoms with Gasteiger partial charge in [0, 0.05) is 26.6 Å². The van der Waals surface area contributed by atoms with Gasteiger partial charge in [-0.3, -0.25) is 0 Å². The normalized spacial score (nSPS) is 24.9. The van der Waals surface area contributed by atoms with E-state index in [0.29, 0.717) is 25.4 Å². The number of aliphatic carboxylic acids is 1. The van der Waals surface area contributed by atoms with Gasteiger partial charge in [0.05, 0.1) is 6.10 Å². The summed E-state index contributed by atoms with van der Waals surface area (Å²) in [6.07, 6.45) is 1.13. The van der Waals surface area contributed by atoms with Crippen LogP contribution >= 0.6 is 0 Å². The van der Waals surface area contributed by atoms with Gasteiger partial charge in [0.1, 0.15) is 6.04 Å². The van der Waals surface area contributed by atoms with Crippen molar-refractivity contribution in [1.82, 2.24) is 10.2 Å². The van der Waals surface area contributed by atoms with Gasteiger partial charge in [0.2, 0.25) is 0 Å². The second-order valence-electron chi connectivity index (χ2n) is 4.80. The van der Waals surface area contributed by atoms with Crippen LogP contribution in [0.2, 0.25) is 0 Å². The molecule has 0 aromatic heterocycles. The lowest BCUT2D eigenvalue weighted by molar-refractivity contribution is -0.141. The van der Waals surface area contributed by atoms with Gasteiger partial charge in [-0.2, -0.15) is 0 Å². The lowest BCUT2D eigenvalue weighted by Gasteiger charge is -2.22. The van der Waals surface area contributed by atoms with Crippen LogP contribution in [0.4, 0.5) is 4.79 Å². The lowest BCUT2D eigenvalue weighted by Crippen LogP contribution is -2.47. The first-order valence-electron chi connectivity index (χ1n) is 6.29. The van der Waals surface area contributed by atoms with Crippen LogP contribution in [0.15, 0.2) is 0 Å². The molecule has 1 rings (SSSR count). The van der Waals surface area contributed by atoms with E-state index in [-0.39, 0.29) is 12.1 Å². The molecule has 3 atom stereocenters. The Morgan fingerprint density at radius 3 is 2.72 bits per heavy atom. The number of ether oxygens (including phenoxy) is 1. The van der Waals surface area contributed by atoms with Crippen LogP contribution < -0.4 is 5.32 Å². The first kappa shape index (κ1) is 14.8. The molecule has 0 bridgehead atoms.